The van der Waals surface area contributed by atoms with Crippen molar-refractivity contribution >= 4 is 11.8 Å². The molecule has 0 aliphatic rings. The number of nitrogens with two attached hydrogens (primary N) is 1. The Bertz CT molecular complexity index is 565. The molecule has 3 N–H and O–H groups in total. The standard InChI is InChI=1S/C17H23F3N2O2/c1-16(2,3)10-13(15(21)24)22-14(23)9-12(17(18,19)20)11-7-5-4-6-8-11/h4-8,12-13H,9-10H2,1-3H3,(H2,21,24)(H,22,23)/t12-,13?/m1/s1. The quantitative estimate of drug-likeness (QED) is 0.832. The van der Waals surface area contributed by atoms with Crippen molar-refractivity contribution < 1.29 is 22.8 Å². The number of hydrogen-bond acceptors (Lipinski definition) is 2. The van der Waals surface area contributed by atoms with Gasteiger partial charge in [0.15, 0.2) is 0 Å². The minimum atomic E-state index is -4.56. The van der Waals surface area contributed by atoms with Crippen LogP contribution < -0.4 is 11.1 Å². The molecule has 0 radical (unpaired) electrons. The molecular formula is C17H23F3N2O2. The van der Waals surface area contributed by atoms with E-state index in [0.717, 1.165) is 0 Å². The first-order valence-electron chi connectivity index (χ1n) is 7.60. The third-order valence-electron chi connectivity index (χ3n) is 3.48. The van der Waals surface area contributed by atoms with Crippen molar-refractivity contribution in [2.24, 2.45) is 11.1 Å². The molecule has 2 atom stereocenters. The first-order valence-corrected chi connectivity index (χ1v) is 7.60. The van der Waals surface area contributed by atoms with E-state index in [-0.39, 0.29) is 17.4 Å². The molecule has 0 saturated heterocycles. The molecular weight excluding hydrogens is 321 g/mol. The molecule has 1 aromatic rings. The van der Waals surface area contributed by atoms with Gasteiger partial charge in [-0.05, 0) is 17.4 Å². The molecule has 2 amide bonds. The lowest BCUT2D eigenvalue weighted by molar-refractivity contribution is -0.157. The normalized spacial score (nSPS) is 14.8. The van der Waals surface area contributed by atoms with Crippen molar-refractivity contribution in [3.05, 3.63) is 35.9 Å². The summed E-state index contributed by atoms with van der Waals surface area (Å²) in [5.74, 6) is -3.54. The Labute approximate surface area is 139 Å². The van der Waals surface area contributed by atoms with Gasteiger partial charge in [-0.15, -0.1) is 0 Å². The van der Waals surface area contributed by atoms with Crippen LogP contribution in [-0.4, -0.2) is 24.0 Å². The number of benzene rings is 1. The van der Waals surface area contributed by atoms with Crippen molar-refractivity contribution in [1.29, 1.82) is 0 Å². The van der Waals surface area contributed by atoms with Gasteiger partial charge in [0, 0.05) is 6.42 Å². The maximum atomic E-state index is 13.3. The van der Waals surface area contributed by atoms with Crippen LogP contribution in [0.15, 0.2) is 30.3 Å². The van der Waals surface area contributed by atoms with Crippen LogP contribution in [0.5, 0.6) is 0 Å². The van der Waals surface area contributed by atoms with E-state index >= 15 is 0 Å². The van der Waals surface area contributed by atoms with Gasteiger partial charge in [0.1, 0.15) is 6.04 Å². The second-order valence-electron chi connectivity index (χ2n) is 7.00. The monoisotopic (exact) mass is 344 g/mol. The first kappa shape index (κ1) is 20.0. The molecule has 4 nitrogen and oxygen atoms in total. The molecule has 1 aromatic carbocycles. The van der Waals surface area contributed by atoms with Gasteiger partial charge in [-0.25, -0.2) is 0 Å². The average molecular weight is 344 g/mol. The highest BCUT2D eigenvalue weighted by atomic mass is 19.4. The summed E-state index contributed by atoms with van der Waals surface area (Å²) in [6.45, 7) is 5.53. The second kappa shape index (κ2) is 7.68. The van der Waals surface area contributed by atoms with Crippen LogP contribution in [0, 0.1) is 5.41 Å². The zero-order valence-electron chi connectivity index (χ0n) is 14.0. The van der Waals surface area contributed by atoms with Gasteiger partial charge in [0.25, 0.3) is 0 Å². The van der Waals surface area contributed by atoms with E-state index in [4.69, 9.17) is 5.73 Å². The predicted octanol–water partition coefficient (Wildman–Crippen LogP) is 3.13. The van der Waals surface area contributed by atoms with Gasteiger partial charge in [-0.1, -0.05) is 51.1 Å². The Balaban J connectivity index is 2.87. The molecule has 0 aliphatic carbocycles. The number of carbonyl (C=O) groups excluding carboxylic acids is 2. The van der Waals surface area contributed by atoms with Crippen LogP contribution >= 0.6 is 0 Å². The zero-order chi connectivity index (χ0) is 18.5. The SMILES string of the molecule is CC(C)(C)CC(NC(=O)C[C@H](c1ccccc1)C(F)(F)F)C(N)=O. The molecule has 0 heterocycles. The topological polar surface area (TPSA) is 72.2 Å². The first-order chi connectivity index (χ1) is 10.9. The van der Waals surface area contributed by atoms with Crippen LogP contribution in [0.4, 0.5) is 13.2 Å². The van der Waals surface area contributed by atoms with Gasteiger partial charge in [-0.3, -0.25) is 9.59 Å². The van der Waals surface area contributed by atoms with E-state index in [1.165, 1.54) is 24.3 Å². The van der Waals surface area contributed by atoms with Gasteiger partial charge < -0.3 is 11.1 Å². The highest BCUT2D eigenvalue weighted by molar-refractivity contribution is 5.86. The van der Waals surface area contributed by atoms with Crippen molar-refractivity contribution in [2.45, 2.75) is 51.7 Å². The fraction of sp³-hybridized carbons (Fsp3) is 0.529. The molecule has 0 aliphatic heterocycles. The summed E-state index contributed by atoms with van der Waals surface area (Å²) in [7, 11) is 0. The van der Waals surface area contributed by atoms with E-state index in [1.807, 2.05) is 20.8 Å². The summed E-state index contributed by atoms with van der Waals surface area (Å²) < 4.78 is 39.8. The van der Waals surface area contributed by atoms with Crippen LogP contribution in [0.1, 0.15) is 45.1 Å². The summed E-state index contributed by atoms with van der Waals surface area (Å²) in [6.07, 6.45) is -5.11. The second-order valence-corrected chi connectivity index (χ2v) is 7.00. The third-order valence-corrected chi connectivity index (χ3v) is 3.48. The average Bonchev–Trinajstić information content (AvgIpc) is 2.42. The van der Waals surface area contributed by atoms with Crippen molar-refractivity contribution in [2.75, 3.05) is 0 Å². The Morgan fingerprint density at radius 1 is 1.12 bits per heavy atom. The highest BCUT2D eigenvalue weighted by Crippen LogP contribution is 2.37. The van der Waals surface area contributed by atoms with E-state index in [9.17, 15) is 22.8 Å². The van der Waals surface area contributed by atoms with Crippen molar-refractivity contribution in [3.63, 3.8) is 0 Å². The van der Waals surface area contributed by atoms with Gasteiger partial charge in [0.2, 0.25) is 11.8 Å². The van der Waals surface area contributed by atoms with Gasteiger partial charge >= 0.3 is 6.18 Å². The Morgan fingerprint density at radius 2 is 1.67 bits per heavy atom. The fourth-order valence-electron chi connectivity index (χ4n) is 2.38. The number of amides is 2. The van der Waals surface area contributed by atoms with E-state index in [1.54, 1.807) is 6.07 Å². The third kappa shape index (κ3) is 6.60. The molecule has 0 spiro atoms. The molecule has 1 unspecified atom stereocenters. The van der Waals surface area contributed by atoms with Crippen LogP contribution in [-0.2, 0) is 9.59 Å². The lowest BCUT2D eigenvalue weighted by Gasteiger charge is -2.26. The summed E-state index contributed by atoms with van der Waals surface area (Å²) in [4.78, 5) is 23.5. The summed E-state index contributed by atoms with van der Waals surface area (Å²) >= 11 is 0. The number of primary amides is 1. The number of carbonyl (C=O) groups is 2. The molecule has 0 bridgehead atoms. The molecule has 0 saturated carbocycles. The molecule has 1 rings (SSSR count). The Morgan fingerprint density at radius 3 is 2.08 bits per heavy atom. The van der Waals surface area contributed by atoms with Gasteiger partial charge in [0.05, 0.1) is 5.92 Å². The fourth-order valence-corrected chi connectivity index (χ4v) is 2.38. The number of rotatable bonds is 6. The largest absolute Gasteiger partial charge is 0.396 e. The van der Waals surface area contributed by atoms with Gasteiger partial charge in [-0.2, -0.15) is 13.2 Å². The summed E-state index contributed by atoms with van der Waals surface area (Å²) in [5, 5.41) is 2.33. The number of halogens is 3. The number of hydrogen-bond donors (Lipinski definition) is 2. The van der Waals surface area contributed by atoms with Crippen LogP contribution in [0.25, 0.3) is 0 Å². The molecule has 0 fully saturated rings. The molecule has 7 heteroatoms. The van der Waals surface area contributed by atoms with E-state index < -0.39 is 36.4 Å². The van der Waals surface area contributed by atoms with Crippen molar-refractivity contribution in [3.8, 4) is 0 Å². The zero-order valence-corrected chi connectivity index (χ0v) is 14.0. The Kier molecular flexibility index (Phi) is 6.40. The smallest absolute Gasteiger partial charge is 0.368 e. The summed E-state index contributed by atoms with van der Waals surface area (Å²) in [5.41, 5.74) is 4.94. The maximum absolute atomic E-state index is 13.3. The minimum absolute atomic E-state index is 0.00611. The Hall–Kier alpha value is -2.05. The van der Waals surface area contributed by atoms with E-state index in [2.05, 4.69) is 5.32 Å². The minimum Gasteiger partial charge on any atom is -0.368 e. The van der Waals surface area contributed by atoms with Crippen LogP contribution in [0.3, 0.4) is 0 Å². The highest BCUT2D eigenvalue weighted by Gasteiger charge is 2.42. The van der Waals surface area contributed by atoms with Crippen LogP contribution in [0.2, 0.25) is 0 Å². The van der Waals surface area contributed by atoms with E-state index in [0.29, 0.717) is 0 Å². The lowest BCUT2D eigenvalue weighted by atomic mass is 9.87. The predicted molar refractivity (Wildman–Crippen MR) is 85.1 cm³/mol. The molecule has 0 aromatic heterocycles. The molecule has 134 valence electrons. The number of nitrogens with one attached hydrogen (secondary N) is 1. The lowest BCUT2D eigenvalue weighted by Crippen LogP contribution is -2.47. The number of alkyl halides is 3. The molecule has 24 heavy (non-hydrogen) atoms. The maximum Gasteiger partial charge on any atom is 0.396 e. The summed E-state index contributed by atoms with van der Waals surface area (Å²) in [6, 6.07) is 6.22. The van der Waals surface area contributed by atoms with Crippen molar-refractivity contribution in [1.82, 2.24) is 5.32 Å².